The smallest absolute Gasteiger partial charge is 0.302 e. The van der Waals surface area contributed by atoms with Gasteiger partial charge in [-0.15, -0.1) is 0 Å². The van der Waals surface area contributed by atoms with E-state index in [1.54, 1.807) is 12.1 Å². The van der Waals surface area contributed by atoms with Crippen LogP contribution in [0, 0.1) is 0 Å². The maximum Gasteiger partial charge on any atom is 0.302 e. The molecule has 2 rings (SSSR count). The van der Waals surface area contributed by atoms with Crippen molar-refractivity contribution in [2.75, 3.05) is 10.1 Å². The lowest BCUT2D eigenvalue weighted by molar-refractivity contribution is -0.136. The second-order valence-electron chi connectivity index (χ2n) is 2.86. The molecule has 1 unspecified atom stereocenters. The van der Waals surface area contributed by atoms with E-state index in [0.717, 1.165) is 0 Å². The first kappa shape index (κ1) is 8.95. The van der Waals surface area contributed by atoms with Gasteiger partial charge in [0.25, 0.3) is 0 Å². The molecule has 14 heavy (non-hydrogen) atoms. The molecule has 74 valence electrons. The highest BCUT2D eigenvalue weighted by Gasteiger charge is 2.35. The number of nitrogens with zero attached hydrogens (tertiary/aromatic N) is 2. The van der Waals surface area contributed by atoms with Crippen molar-refractivity contribution < 1.29 is 20.3 Å². The van der Waals surface area contributed by atoms with E-state index in [4.69, 9.17) is 0 Å². The van der Waals surface area contributed by atoms with Crippen LogP contribution in [0.5, 0.6) is 0 Å². The maximum absolute atomic E-state index is 11.1. The highest BCUT2D eigenvalue weighted by atomic mass is 16.6. The van der Waals surface area contributed by atoms with Gasteiger partial charge in [-0.25, -0.2) is 5.06 Å². The van der Waals surface area contributed by atoms with Crippen molar-refractivity contribution in [3.63, 3.8) is 0 Å². The van der Waals surface area contributed by atoms with Crippen molar-refractivity contribution in [1.29, 1.82) is 0 Å². The molecule has 1 amide bonds. The Labute approximate surface area is 79.1 Å². The van der Waals surface area contributed by atoms with Crippen LogP contribution in [0.3, 0.4) is 0 Å². The van der Waals surface area contributed by atoms with Crippen LogP contribution in [-0.2, 0) is 4.79 Å². The number of hydrogen-bond donors (Lipinski definition) is 3. The lowest BCUT2D eigenvalue weighted by Gasteiger charge is -2.32. The zero-order valence-corrected chi connectivity index (χ0v) is 7.03. The summed E-state index contributed by atoms with van der Waals surface area (Å²) in [6, 6.07) is 6.12. The average molecular weight is 196 g/mol. The van der Waals surface area contributed by atoms with Crippen LogP contribution in [0.1, 0.15) is 0 Å². The maximum atomic E-state index is 11.1. The number of amides is 1. The molecule has 0 spiro atoms. The third-order valence-corrected chi connectivity index (χ3v) is 2.02. The fourth-order valence-electron chi connectivity index (χ4n) is 1.30. The first-order valence-corrected chi connectivity index (χ1v) is 3.91. The molecule has 6 nitrogen and oxygen atoms in total. The lowest BCUT2D eigenvalue weighted by atomic mass is 10.2. The number of hydrogen-bond acceptors (Lipinski definition) is 5. The fourth-order valence-corrected chi connectivity index (χ4v) is 1.30. The molecule has 1 heterocycles. The second-order valence-corrected chi connectivity index (χ2v) is 2.86. The Hall–Kier alpha value is -1.63. The van der Waals surface area contributed by atoms with Crippen molar-refractivity contribution in [3.05, 3.63) is 24.3 Å². The van der Waals surface area contributed by atoms with E-state index < -0.39 is 12.1 Å². The molecule has 0 aliphatic carbocycles. The Kier molecular flexibility index (Phi) is 1.88. The first-order chi connectivity index (χ1) is 6.63. The summed E-state index contributed by atoms with van der Waals surface area (Å²) in [7, 11) is 0. The third-order valence-electron chi connectivity index (χ3n) is 2.02. The molecular weight excluding hydrogens is 188 g/mol. The minimum atomic E-state index is -1.77. The number of hydroxylamine groups is 2. The van der Waals surface area contributed by atoms with Crippen molar-refractivity contribution in [3.8, 4) is 0 Å². The number of rotatable bonds is 0. The van der Waals surface area contributed by atoms with Crippen LogP contribution in [0.2, 0.25) is 0 Å². The largest absolute Gasteiger partial charge is 0.364 e. The monoisotopic (exact) mass is 196 g/mol. The van der Waals surface area contributed by atoms with E-state index in [0.29, 0.717) is 10.1 Å². The molecule has 1 aromatic rings. The number of aliphatic hydroxyl groups excluding tert-OH is 1. The molecule has 1 aliphatic rings. The Bertz CT molecular complexity index is 381. The summed E-state index contributed by atoms with van der Waals surface area (Å²) in [4.78, 5) is 11.1. The minimum absolute atomic E-state index is 0.130. The predicted octanol–water partition coefficient (Wildman–Crippen LogP) is -0.0636. The van der Waals surface area contributed by atoms with Gasteiger partial charge < -0.3 is 5.11 Å². The summed E-state index contributed by atoms with van der Waals surface area (Å²) in [6.07, 6.45) is -1.77. The summed E-state index contributed by atoms with van der Waals surface area (Å²) in [5.74, 6) is -0.994. The van der Waals surface area contributed by atoms with Gasteiger partial charge in [-0.05, 0) is 12.1 Å². The van der Waals surface area contributed by atoms with Crippen LogP contribution >= 0.6 is 0 Å². The topological polar surface area (TPSA) is 84.2 Å². The van der Waals surface area contributed by atoms with E-state index in [-0.39, 0.29) is 11.4 Å². The van der Waals surface area contributed by atoms with Gasteiger partial charge in [0.15, 0.2) is 0 Å². The number of carbonyl (C=O) groups is 1. The number of carbonyl (C=O) groups excluding carboxylic acids is 1. The van der Waals surface area contributed by atoms with Gasteiger partial charge in [0.2, 0.25) is 6.23 Å². The summed E-state index contributed by atoms with van der Waals surface area (Å²) < 4.78 is 0. The van der Waals surface area contributed by atoms with Crippen LogP contribution in [0.25, 0.3) is 0 Å². The molecule has 3 N–H and O–H groups in total. The van der Waals surface area contributed by atoms with Crippen LogP contribution in [-0.4, -0.2) is 27.7 Å². The van der Waals surface area contributed by atoms with Crippen molar-refractivity contribution in [2.45, 2.75) is 6.23 Å². The number of aliphatic hydroxyl groups is 1. The van der Waals surface area contributed by atoms with E-state index in [9.17, 15) is 20.3 Å². The lowest BCUT2D eigenvalue weighted by Crippen LogP contribution is -2.51. The van der Waals surface area contributed by atoms with Crippen LogP contribution in [0.15, 0.2) is 24.3 Å². The quantitative estimate of drug-likeness (QED) is 0.506. The van der Waals surface area contributed by atoms with Crippen LogP contribution in [0.4, 0.5) is 11.4 Å². The van der Waals surface area contributed by atoms with Gasteiger partial charge in [0.1, 0.15) is 0 Å². The molecular formula is C8H8N2O4. The molecule has 1 atom stereocenters. The molecule has 0 aromatic heterocycles. The number of anilines is 2. The molecule has 0 bridgehead atoms. The minimum Gasteiger partial charge on any atom is -0.364 e. The van der Waals surface area contributed by atoms with Crippen molar-refractivity contribution in [1.82, 2.24) is 0 Å². The van der Waals surface area contributed by atoms with Gasteiger partial charge in [0.05, 0.1) is 11.4 Å². The van der Waals surface area contributed by atoms with Crippen molar-refractivity contribution >= 4 is 17.3 Å². The highest BCUT2D eigenvalue weighted by molar-refractivity contribution is 6.01. The van der Waals surface area contributed by atoms with E-state index in [1.807, 2.05) is 0 Å². The van der Waals surface area contributed by atoms with E-state index >= 15 is 0 Å². The SMILES string of the molecule is O=C1C(O)N(O)c2ccccc2N1O. The Balaban J connectivity index is 2.56. The summed E-state index contributed by atoms with van der Waals surface area (Å²) in [5.41, 5.74) is 0.299. The molecule has 0 radical (unpaired) electrons. The predicted molar refractivity (Wildman–Crippen MR) is 46.0 cm³/mol. The van der Waals surface area contributed by atoms with Gasteiger partial charge >= 0.3 is 5.91 Å². The molecule has 0 fully saturated rings. The van der Waals surface area contributed by atoms with E-state index in [1.165, 1.54) is 12.1 Å². The standard InChI is InChI=1S/C8H8N2O4/c11-7-8(12)10(14)6-4-2-1-3-5(6)9(7)13/h1-4,7,11,13-14H. The van der Waals surface area contributed by atoms with Gasteiger partial charge in [-0.3, -0.25) is 15.2 Å². The number of benzene rings is 1. The first-order valence-electron chi connectivity index (χ1n) is 3.91. The number of para-hydroxylation sites is 2. The fraction of sp³-hybridized carbons (Fsp3) is 0.125. The Morgan fingerprint density at radius 2 is 1.71 bits per heavy atom. The Morgan fingerprint density at radius 1 is 1.14 bits per heavy atom. The van der Waals surface area contributed by atoms with Crippen LogP contribution < -0.4 is 10.1 Å². The summed E-state index contributed by atoms with van der Waals surface area (Å²) >= 11 is 0. The van der Waals surface area contributed by atoms with Crippen molar-refractivity contribution in [2.24, 2.45) is 0 Å². The molecule has 0 saturated carbocycles. The van der Waals surface area contributed by atoms with Gasteiger partial charge in [-0.2, -0.15) is 5.06 Å². The Morgan fingerprint density at radius 3 is 2.36 bits per heavy atom. The highest BCUT2D eigenvalue weighted by Crippen LogP contribution is 2.32. The zero-order chi connectivity index (χ0) is 10.3. The second kappa shape index (κ2) is 2.95. The molecule has 1 aromatic carbocycles. The molecule has 6 heteroatoms. The zero-order valence-electron chi connectivity index (χ0n) is 7.03. The number of fused-ring (bicyclic) bond motifs is 1. The summed E-state index contributed by atoms with van der Waals surface area (Å²) in [5, 5.41) is 28.6. The molecule has 0 saturated heterocycles. The van der Waals surface area contributed by atoms with Gasteiger partial charge in [-0.1, -0.05) is 12.1 Å². The van der Waals surface area contributed by atoms with Gasteiger partial charge in [0, 0.05) is 0 Å². The molecule has 1 aliphatic heterocycles. The third kappa shape index (κ3) is 1.06. The summed E-state index contributed by atoms with van der Waals surface area (Å²) in [6.45, 7) is 0. The average Bonchev–Trinajstić information content (AvgIpc) is 2.23. The van der Waals surface area contributed by atoms with E-state index in [2.05, 4.69) is 0 Å². The normalized spacial score (nSPS) is 21.1.